The van der Waals surface area contributed by atoms with E-state index in [9.17, 15) is 0 Å². The van der Waals surface area contributed by atoms with Crippen LogP contribution in [0.15, 0.2) is 29.6 Å². The number of rotatable bonds is 3. The maximum Gasteiger partial charge on any atom is 0.122 e. The number of thiophene rings is 1. The Bertz CT molecular complexity index is 619. The maximum atomic E-state index is 5.83. The van der Waals surface area contributed by atoms with Crippen molar-refractivity contribution >= 4 is 11.3 Å². The molecule has 3 heteroatoms. The van der Waals surface area contributed by atoms with Crippen LogP contribution in [0.1, 0.15) is 21.6 Å². The Labute approximate surface area is 118 Å². The first-order valence-corrected chi connectivity index (χ1v) is 7.03. The van der Waals surface area contributed by atoms with Crippen LogP contribution < -0.4 is 10.5 Å². The van der Waals surface area contributed by atoms with Crippen LogP contribution in [0.4, 0.5) is 0 Å². The van der Waals surface area contributed by atoms with Crippen molar-refractivity contribution in [1.82, 2.24) is 0 Å². The van der Waals surface area contributed by atoms with Gasteiger partial charge in [-0.2, -0.15) is 0 Å². The summed E-state index contributed by atoms with van der Waals surface area (Å²) in [4.78, 5) is 1.17. The van der Waals surface area contributed by atoms with E-state index < -0.39 is 0 Å². The van der Waals surface area contributed by atoms with E-state index in [0.29, 0.717) is 13.2 Å². The molecule has 98 valence electrons. The third-order valence-electron chi connectivity index (χ3n) is 2.69. The minimum Gasteiger partial charge on any atom is -0.488 e. The van der Waals surface area contributed by atoms with Gasteiger partial charge in [-0.1, -0.05) is 29.5 Å². The van der Waals surface area contributed by atoms with E-state index in [4.69, 9.17) is 10.5 Å². The number of benzene rings is 1. The number of aryl methyl sites for hydroxylation is 2. The van der Waals surface area contributed by atoms with Gasteiger partial charge in [0.2, 0.25) is 0 Å². The number of ether oxygens (including phenoxy) is 1. The summed E-state index contributed by atoms with van der Waals surface area (Å²) in [5.41, 5.74) is 8.78. The second-order valence-electron chi connectivity index (χ2n) is 4.37. The van der Waals surface area contributed by atoms with Gasteiger partial charge in [-0.25, -0.2) is 0 Å². The van der Waals surface area contributed by atoms with E-state index in [1.165, 1.54) is 16.0 Å². The Kier molecular flexibility index (Phi) is 4.62. The van der Waals surface area contributed by atoms with Gasteiger partial charge in [-0.15, -0.1) is 11.3 Å². The molecule has 0 aliphatic carbocycles. The molecule has 0 atom stereocenters. The second kappa shape index (κ2) is 6.42. The van der Waals surface area contributed by atoms with Crippen molar-refractivity contribution in [3.63, 3.8) is 0 Å². The summed E-state index contributed by atoms with van der Waals surface area (Å²) in [5.74, 6) is 6.81. The number of hydrogen-bond donors (Lipinski definition) is 1. The molecule has 0 bridgehead atoms. The normalized spacial score (nSPS) is 9.84. The standard InChI is InChI=1S/C16H17NOS/c1-12-5-6-16(13(2)8-12)18-10-15-9-14(11-19-15)4-3-7-17/h5-6,8-9,11H,7,10,17H2,1-2H3. The SMILES string of the molecule is Cc1ccc(OCc2cc(C#CCN)cs2)c(C)c1. The largest absolute Gasteiger partial charge is 0.488 e. The monoisotopic (exact) mass is 271 g/mol. The molecule has 0 aliphatic rings. The first kappa shape index (κ1) is 13.7. The summed E-state index contributed by atoms with van der Waals surface area (Å²) in [7, 11) is 0. The van der Waals surface area contributed by atoms with Gasteiger partial charge >= 0.3 is 0 Å². The highest BCUT2D eigenvalue weighted by Gasteiger charge is 2.02. The molecule has 0 saturated carbocycles. The lowest BCUT2D eigenvalue weighted by Crippen LogP contribution is -1.95. The second-order valence-corrected chi connectivity index (χ2v) is 5.36. The van der Waals surface area contributed by atoms with Gasteiger partial charge in [0.1, 0.15) is 12.4 Å². The molecule has 0 amide bonds. The molecule has 19 heavy (non-hydrogen) atoms. The van der Waals surface area contributed by atoms with Crippen LogP contribution in [0.2, 0.25) is 0 Å². The van der Waals surface area contributed by atoms with Crippen LogP contribution in [-0.2, 0) is 6.61 Å². The molecule has 1 aromatic heterocycles. The summed E-state index contributed by atoms with van der Waals surface area (Å²) < 4.78 is 5.83. The highest BCUT2D eigenvalue weighted by Crippen LogP contribution is 2.22. The molecule has 0 saturated heterocycles. The van der Waals surface area contributed by atoms with Gasteiger partial charge in [0.05, 0.1) is 6.54 Å². The molecule has 0 aliphatic heterocycles. The summed E-state index contributed by atoms with van der Waals surface area (Å²) in [5, 5.41) is 2.03. The molecule has 0 radical (unpaired) electrons. The van der Waals surface area contributed by atoms with E-state index >= 15 is 0 Å². The van der Waals surface area contributed by atoms with Crippen molar-refractivity contribution in [2.45, 2.75) is 20.5 Å². The van der Waals surface area contributed by atoms with Crippen molar-refractivity contribution in [3.8, 4) is 17.6 Å². The zero-order chi connectivity index (χ0) is 13.7. The van der Waals surface area contributed by atoms with Gasteiger partial charge < -0.3 is 10.5 Å². The Morgan fingerprint density at radius 1 is 1.26 bits per heavy atom. The van der Waals surface area contributed by atoms with Gasteiger partial charge in [-0.05, 0) is 31.5 Å². The number of hydrogen-bond acceptors (Lipinski definition) is 3. The Balaban J connectivity index is 2.00. The topological polar surface area (TPSA) is 35.2 Å². The van der Waals surface area contributed by atoms with Crippen LogP contribution in [0.5, 0.6) is 5.75 Å². The molecular weight excluding hydrogens is 254 g/mol. The lowest BCUT2D eigenvalue weighted by atomic mass is 10.1. The third kappa shape index (κ3) is 3.85. The highest BCUT2D eigenvalue weighted by atomic mass is 32.1. The molecule has 0 unspecified atom stereocenters. The van der Waals surface area contributed by atoms with Crippen LogP contribution in [-0.4, -0.2) is 6.54 Å². The average molecular weight is 271 g/mol. The van der Waals surface area contributed by atoms with Crippen LogP contribution in [0.25, 0.3) is 0 Å². The predicted octanol–water partition coefficient (Wildman–Crippen LogP) is 3.25. The smallest absolute Gasteiger partial charge is 0.122 e. The van der Waals surface area contributed by atoms with Crippen molar-refractivity contribution in [1.29, 1.82) is 0 Å². The fraction of sp³-hybridized carbons (Fsp3) is 0.250. The molecule has 1 aromatic carbocycles. The van der Waals surface area contributed by atoms with Crippen molar-refractivity contribution in [2.75, 3.05) is 6.54 Å². The van der Waals surface area contributed by atoms with Crippen molar-refractivity contribution in [2.24, 2.45) is 5.73 Å². The van der Waals surface area contributed by atoms with Crippen molar-refractivity contribution in [3.05, 3.63) is 51.2 Å². The molecule has 2 nitrogen and oxygen atoms in total. The fourth-order valence-electron chi connectivity index (χ4n) is 1.79. The van der Waals surface area contributed by atoms with Gasteiger partial charge in [0, 0.05) is 15.8 Å². The summed E-state index contributed by atoms with van der Waals surface area (Å²) in [6.45, 7) is 5.12. The van der Waals surface area contributed by atoms with E-state index in [1.54, 1.807) is 11.3 Å². The minimum absolute atomic E-state index is 0.393. The lowest BCUT2D eigenvalue weighted by molar-refractivity contribution is 0.307. The lowest BCUT2D eigenvalue weighted by Gasteiger charge is -2.08. The summed E-state index contributed by atoms with van der Waals surface area (Å²) in [6, 6.07) is 8.26. The molecule has 1 heterocycles. The molecule has 0 spiro atoms. The minimum atomic E-state index is 0.393. The van der Waals surface area contributed by atoms with E-state index in [-0.39, 0.29) is 0 Å². The molecule has 2 N–H and O–H groups in total. The molecule has 2 rings (SSSR count). The van der Waals surface area contributed by atoms with Crippen molar-refractivity contribution < 1.29 is 4.74 Å². The molecule has 2 aromatic rings. The summed E-state index contributed by atoms with van der Waals surface area (Å²) in [6.07, 6.45) is 0. The fourth-order valence-corrected chi connectivity index (χ4v) is 2.51. The van der Waals surface area contributed by atoms with Gasteiger partial charge in [0.25, 0.3) is 0 Å². The third-order valence-corrected chi connectivity index (χ3v) is 3.60. The maximum absolute atomic E-state index is 5.83. The zero-order valence-corrected chi connectivity index (χ0v) is 12.0. The Morgan fingerprint density at radius 3 is 2.84 bits per heavy atom. The van der Waals surface area contributed by atoms with Gasteiger partial charge in [-0.3, -0.25) is 0 Å². The Morgan fingerprint density at radius 2 is 2.11 bits per heavy atom. The van der Waals surface area contributed by atoms with Crippen LogP contribution in [0, 0.1) is 25.7 Å². The predicted molar refractivity (Wildman–Crippen MR) is 80.5 cm³/mol. The highest BCUT2D eigenvalue weighted by molar-refractivity contribution is 7.10. The molecule has 0 fully saturated rings. The van der Waals surface area contributed by atoms with E-state index in [2.05, 4.69) is 43.9 Å². The van der Waals surface area contributed by atoms with Gasteiger partial charge in [0.15, 0.2) is 0 Å². The van der Waals surface area contributed by atoms with E-state index in [1.807, 2.05) is 11.4 Å². The van der Waals surface area contributed by atoms with Crippen LogP contribution >= 0.6 is 11.3 Å². The van der Waals surface area contributed by atoms with E-state index in [0.717, 1.165) is 11.3 Å². The average Bonchev–Trinajstić information content (AvgIpc) is 2.83. The quantitative estimate of drug-likeness (QED) is 0.870. The van der Waals surface area contributed by atoms with Crippen LogP contribution in [0.3, 0.4) is 0 Å². The Hall–Kier alpha value is -1.76. The number of nitrogens with two attached hydrogens (primary N) is 1. The summed E-state index contributed by atoms with van der Waals surface area (Å²) >= 11 is 1.66. The first-order valence-electron chi connectivity index (χ1n) is 6.15. The molecular formula is C16H17NOS. The first-order chi connectivity index (χ1) is 9.19. The zero-order valence-electron chi connectivity index (χ0n) is 11.2.